The Balaban J connectivity index is 1.45. The van der Waals surface area contributed by atoms with Crippen LogP contribution in [0.4, 0.5) is 11.8 Å². The van der Waals surface area contributed by atoms with E-state index in [1.165, 1.54) is 0 Å². The van der Waals surface area contributed by atoms with Crippen LogP contribution in [0.5, 0.6) is 5.75 Å². The van der Waals surface area contributed by atoms with Gasteiger partial charge in [-0.15, -0.1) is 0 Å². The van der Waals surface area contributed by atoms with Gasteiger partial charge in [0.2, 0.25) is 11.9 Å². The Morgan fingerprint density at radius 3 is 2.66 bits per heavy atom. The zero-order valence-corrected chi connectivity index (χ0v) is 22.1. The largest absolute Gasteiger partial charge is 0.486 e. The molecule has 1 amide bonds. The molecule has 1 aromatic heterocycles. The fraction of sp³-hybridized carbons (Fsp3) is 0.560. The van der Waals surface area contributed by atoms with Gasteiger partial charge in [0.05, 0.1) is 18.3 Å². The van der Waals surface area contributed by atoms with Gasteiger partial charge >= 0.3 is 0 Å². The van der Waals surface area contributed by atoms with Crippen LogP contribution in [0, 0.1) is 0 Å². The first kappa shape index (κ1) is 25.8. The number of piperazine rings is 1. The predicted molar refractivity (Wildman–Crippen MR) is 141 cm³/mol. The molecule has 1 aromatic carbocycles. The number of hydrogen-bond acceptors (Lipinski definition) is 7. The van der Waals surface area contributed by atoms with Crippen LogP contribution in [0.2, 0.25) is 10.0 Å². The zero-order chi connectivity index (χ0) is 24.9. The standard InChI is InChI=1S/C25H34Cl2N6O2/c1-16(2)35-22-15-29-25(31-24(22)30-17(3)20-7-6-18(26)13-21(20)27)33-11-9-32(10-12-33)23(34)14-19-5-4-8-28-19/h6-7,13,15-17,19,28H,4-5,8-12,14H2,1-3H3,(H,29,30,31)/t17-,19+/m1/s1. The average molecular weight is 521 g/mol. The molecule has 0 aliphatic carbocycles. The maximum Gasteiger partial charge on any atom is 0.227 e. The maximum absolute atomic E-state index is 12.7. The summed E-state index contributed by atoms with van der Waals surface area (Å²) in [7, 11) is 0. The molecule has 2 atom stereocenters. The number of amides is 1. The van der Waals surface area contributed by atoms with E-state index < -0.39 is 0 Å². The molecule has 190 valence electrons. The third-order valence-electron chi connectivity index (χ3n) is 6.39. The van der Waals surface area contributed by atoms with Crippen LogP contribution in [0.25, 0.3) is 0 Å². The summed E-state index contributed by atoms with van der Waals surface area (Å²) in [6.45, 7) is 9.66. The molecular weight excluding hydrogens is 487 g/mol. The van der Waals surface area contributed by atoms with Crippen molar-refractivity contribution < 1.29 is 9.53 Å². The van der Waals surface area contributed by atoms with Gasteiger partial charge in [-0.3, -0.25) is 4.79 Å². The molecule has 3 heterocycles. The number of nitrogens with one attached hydrogen (secondary N) is 2. The molecule has 4 rings (SSSR count). The minimum absolute atomic E-state index is 0.0247. The molecule has 2 aliphatic heterocycles. The number of anilines is 2. The van der Waals surface area contributed by atoms with Crippen molar-refractivity contribution >= 4 is 40.9 Å². The van der Waals surface area contributed by atoms with Gasteiger partial charge < -0.3 is 25.2 Å². The van der Waals surface area contributed by atoms with E-state index in [4.69, 9.17) is 32.9 Å². The van der Waals surface area contributed by atoms with Gasteiger partial charge in [-0.25, -0.2) is 4.98 Å². The highest BCUT2D eigenvalue weighted by molar-refractivity contribution is 6.35. The second kappa shape index (κ2) is 11.6. The number of halogens is 2. The van der Waals surface area contributed by atoms with Crippen LogP contribution in [0.15, 0.2) is 24.4 Å². The van der Waals surface area contributed by atoms with Gasteiger partial charge in [-0.1, -0.05) is 29.3 Å². The molecule has 35 heavy (non-hydrogen) atoms. The van der Waals surface area contributed by atoms with Gasteiger partial charge in [0, 0.05) is 48.7 Å². The molecule has 2 fully saturated rings. The zero-order valence-electron chi connectivity index (χ0n) is 20.6. The van der Waals surface area contributed by atoms with Gasteiger partial charge in [-0.2, -0.15) is 4.98 Å². The summed E-state index contributed by atoms with van der Waals surface area (Å²) in [6, 6.07) is 5.65. The highest BCUT2D eigenvalue weighted by atomic mass is 35.5. The van der Waals surface area contributed by atoms with Crippen LogP contribution >= 0.6 is 23.2 Å². The summed E-state index contributed by atoms with van der Waals surface area (Å²) in [5, 5.41) is 8.03. The second-order valence-corrected chi connectivity index (χ2v) is 10.3. The lowest BCUT2D eigenvalue weighted by atomic mass is 10.1. The van der Waals surface area contributed by atoms with E-state index in [1.807, 2.05) is 37.8 Å². The quantitative estimate of drug-likeness (QED) is 0.528. The molecule has 2 aromatic rings. The summed E-state index contributed by atoms with van der Waals surface area (Å²) in [5.74, 6) is 2.02. The van der Waals surface area contributed by atoms with Crippen molar-refractivity contribution in [2.45, 2.75) is 58.2 Å². The van der Waals surface area contributed by atoms with E-state index in [1.54, 1.807) is 12.3 Å². The Bertz CT molecular complexity index is 1020. The predicted octanol–water partition coefficient (Wildman–Crippen LogP) is 4.53. The topological polar surface area (TPSA) is 82.6 Å². The minimum atomic E-state index is -0.129. The van der Waals surface area contributed by atoms with Crippen LogP contribution in [0.1, 0.15) is 51.6 Å². The number of aromatic nitrogens is 2. The third kappa shape index (κ3) is 6.68. The van der Waals surface area contributed by atoms with E-state index in [0.29, 0.717) is 66.2 Å². The fourth-order valence-electron chi connectivity index (χ4n) is 4.52. The number of carbonyl (C=O) groups excluding carboxylic acids is 1. The molecule has 2 N–H and O–H groups in total. The van der Waals surface area contributed by atoms with E-state index >= 15 is 0 Å². The Hall–Kier alpha value is -2.29. The average Bonchev–Trinajstić information content (AvgIpc) is 3.33. The molecule has 2 saturated heterocycles. The fourth-order valence-corrected chi connectivity index (χ4v) is 5.09. The first-order valence-corrected chi connectivity index (χ1v) is 13.1. The van der Waals surface area contributed by atoms with Crippen LogP contribution in [0.3, 0.4) is 0 Å². The minimum Gasteiger partial charge on any atom is -0.486 e. The molecular formula is C25H34Cl2N6O2. The summed E-state index contributed by atoms with van der Waals surface area (Å²) in [6.07, 6.45) is 4.50. The van der Waals surface area contributed by atoms with E-state index in [9.17, 15) is 4.79 Å². The number of rotatable bonds is 8. The number of nitrogens with zero attached hydrogens (tertiary/aromatic N) is 4. The van der Waals surface area contributed by atoms with Gasteiger partial charge in [0.25, 0.3) is 0 Å². The van der Waals surface area contributed by atoms with E-state index in [-0.39, 0.29) is 18.1 Å². The molecule has 10 heteroatoms. The van der Waals surface area contributed by atoms with Crippen molar-refractivity contribution in [2.75, 3.05) is 42.9 Å². The summed E-state index contributed by atoms with van der Waals surface area (Å²) >= 11 is 12.5. The van der Waals surface area contributed by atoms with E-state index in [0.717, 1.165) is 24.9 Å². The molecule has 0 bridgehead atoms. The van der Waals surface area contributed by atoms with Crippen molar-refractivity contribution in [3.8, 4) is 5.75 Å². The highest BCUT2D eigenvalue weighted by Crippen LogP contribution is 2.32. The lowest BCUT2D eigenvalue weighted by Crippen LogP contribution is -2.50. The SMILES string of the molecule is CC(C)Oc1cnc(N2CCN(C(=O)C[C@@H]3CCCN3)CC2)nc1N[C@H](C)c1ccc(Cl)cc1Cl. The van der Waals surface area contributed by atoms with Gasteiger partial charge in [0.15, 0.2) is 11.6 Å². The normalized spacial score (nSPS) is 19.2. The van der Waals surface area contributed by atoms with Crippen molar-refractivity contribution in [3.63, 3.8) is 0 Å². The molecule has 0 spiro atoms. The molecule has 0 radical (unpaired) electrons. The van der Waals surface area contributed by atoms with Crippen LogP contribution < -0.4 is 20.3 Å². The lowest BCUT2D eigenvalue weighted by molar-refractivity contribution is -0.131. The molecule has 2 aliphatic rings. The number of carbonyl (C=O) groups is 1. The van der Waals surface area contributed by atoms with Gasteiger partial charge in [-0.05, 0) is 57.9 Å². The van der Waals surface area contributed by atoms with Crippen molar-refractivity contribution in [1.29, 1.82) is 0 Å². The van der Waals surface area contributed by atoms with Gasteiger partial charge in [0.1, 0.15) is 0 Å². The number of benzene rings is 1. The Morgan fingerprint density at radius 1 is 1.23 bits per heavy atom. The second-order valence-electron chi connectivity index (χ2n) is 9.45. The third-order valence-corrected chi connectivity index (χ3v) is 6.95. The smallest absolute Gasteiger partial charge is 0.227 e. The maximum atomic E-state index is 12.7. The Kier molecular flexibility index (Phi) is 8.57. The first-order valence-electron chi connectivity index (χ1n) is 12.3. The summed E-state index contributed by atoms with van der Waals surface area (Å²) in [5.41, 5.74) is 0.913. The highest BCUT2D eigenvalue weighted by Gasteiger charge is 2.26. The van der Waals surface area contributed by atoms with Crippen LogP contribution in [-0.2, 0) is 4.79 Å². The number of hydrogen-bond donors (Lipinski definition) is 2. The van der Waals surface area contributed by atoms with Crippen molar-refractivity contribution in [3.05, 3.63) is 40.0 Å². The summed E-state index contributed by atoms with van der Waals surface area (Å²) < 4.78 is 5.97. The Morgan fingerprint density at radius 2 is 2.00 bits per heavy atom. The van der Waals surface area contributed by atoms with Crippen molar-refractivity contribution in [2.24, 2.45) is 0 Å². The Labute approximate surface area is 217 Å². The first-order chi connectivity index (χ1) is 16.8. The molecule has 0 saturated carbocycles. The number of ether oxygens (including phenoxy) is 1. The summed E-state index contributed by atoms with van der Waals surface area (Å²) in [4.78, 5) is 26.1. The van der Waals surface area contributed by atoms with Crippen molar-refractivity contribution in [1.82, 2.24) is 20.2 Å². The monoisotopic (exact) mass is 520 g/mol. The molecule has 8 nitrogen and oxygen atoms in total. The lowest BCUT2D eigenvalue weighted by Gasteiger charge is -2.35. The molecule has 0 unspecified atom stereocenters. The van der Waals surface area contributed by atoms with E-state index in [2.05, 4.69) is 20.5 Å². The van der Waals surface area contributed by atoms with Crippen LogP contribution in [-0.4, -0.2) is 65.6 Å².